The van der Waals surface area contributed by atoms with Crippen molar-refractivity contribution in [3.05, 3.63) is 81.3 Å². The highest BCUT2D eigenvalue weighted by Gasteiger charge is 2.42. The Bertz CT molecular complexity index is 1190. The zero-order chi connectivity index (χ0) is 23.8. The Balaban J connectivity index is 1.57. The van der Waals surface area contributed by atoms with Gasteiger partial charge in [0.25, 0.3) is 5.56 Å². The zero-order valence-corrected chi connectivity index (χ0v) is 19.1. The smallest absolute Gasteiger partial charge is 0.329 e. The van der Waals surface area contributed by atoms with Gasteiger partial charge in [-0.3, -0.25) is 4.79 Å². The summed E-state index contributed by atoms with van der Waals surface area (Å²) in [5, 5.41) is 1.63. The lowest BCUT2D eigenvalue weighted by atomic mass is 9.61. The van der Waals surface area contributed by atoms with Gasteiger partial charge >= 0.3 is 6.18 Å². The maximum absolute atomic E-state index is 13.4. The zero-order valence-electron chi connectivity index (χ0n) is 19.1. The third-order valence-electron chi connectivity index (χ3n) is 7.65. The molecule has 3 aromatic rings. The highest BCUT2D eigenvalue weighted by Crippen LogP contribution is 2.46. The van der Waals surface area contributed by atoms with Crippen LogP contribution in [-0.2, 0) is 18.0 Å². The van der Waals surface area contributed by atoms with E-state index >= 15 is 0 Å². The minimum Gasteiger partial charge on any atom is -0.329 e. The summed E-state index contributed by atoms with van der Waals surface area (Å²) in [4.78, 5) is 14.8. The number of nitrogens with one attached hydrogen (secondary N) is 1. The number of hydrogen-bond acceptors (Lipinski definition) is 2. The number of pyridine rings is 1. The van der Waals surface area contributed by atoms with Crippen molar-refractivity contribution in [1.82, 2.24) is 4.98 Å². The number of aromatic nitrogens is 1. The van der Waals surface area contributed by atoms with Gasteiger partial charge in [-0.05, 0) is 91.6 Å². The number of aromatic amines is 1. The number of alkyl halides is 3. The van der Waals surface area contributed by atoms with Crippen molar-refractivity contribution in [2.75, 3.05) is 0 Å². The molecule has 1 fully saturated rings. The fraction of sp³-hybridized carbons (Fsp3) is 0.444. The van der Waals surface area contributed by atoms with Crippen LogP contribution in [0.4, 0.5) is 13.2 Å². The van der Waals surface area contributed by atoms with Gasteiger partial charge < -0.3 is 10.7 Å². The summed E-state index contributed by atoms with van der Waals surface area (Å²) in [5.41, 5.74) is 8.47. The van der Waals surface area contributed by atoms with E-state index < -0.39 is 17.2 Å². The van der Waals surface area contributed by atoms with E-state index in [2.05, 4.69) is 11.1 Å². The molecule has 0 bridgehead atoms. The Morgan fingerprint density at radius 2 is 1.88 bits per heavy atom. The summed E-state index contributed by atoms with van der Waals surface area (Å²) in [6.07, 6.45) is 2.31. The quantitative estimate of drug-likeness (QED) is 0.476. The van der Waals surface area contributed by atoms with Crippen LogP contribution >= 0.6 is 0 Å². The molecule has 1 aromatic heterocycles. The van der Waals surface area contributed by atoms with Gasteiger partial charge in [0.2, 0.25) is 0 Å². The Hall–Kier alpha value is -2.60. The molecule has 0 aliphatic heterocycles. The van der Waals surface area contributed by atoms with Gasteiger partial charge in [-0.1, -0.05) is 31.2 Å². The SMILES string of the molecule is CCC(N)[C@]1(c2cccc(C(F)(F)F)c2)CC[C@H](Cc2cc3cc[nH]c(=O)c3cc2C)CC1. The molecule has 1 atom stereocenters. The van der Waals surface area contributed by atoms with Crippen molar-refractivity contribution in [1.29, 1.82) is 0 Å². The van der Waals surface area contributed by atoms with E-state index in [0.29, 0.717) is 16.9 Å². The molecule has 1 unspecified atom stereocenters. The standard InChI is InChI=1S/C27H31F3N2O/c1-3-24(31)26(21-5-4-6-22(16-21)27(28,29)30)10-7-18(8-11-26)14-20-15-19-9-12-32-25(33)23(19)13-17(20)2/h4-6,9,12-13,15-16,18,24H,3,7-8,10-11,14,31H2,1-2H3,(H,32,33)/t18-,24?,26+. The van der Waals surface area contributed by atoms with Crippen molar-refractivity contribution in [2.24, 2.45) is 11.7 Å². The molecule has 0 amide bonds. The first kappa shape index (κ1) is 23.6. The maximum Gasteiger partial charge on any atom is 0.416 e. The number of nitrogens with two attached hydrogens (primary N) is 1. The average molecular weight is 457 g/mol. The molecule has 1 aliphatic carbocycles. The lowest BCUT2D eigenvalue weighted by Gasteiger charge is -2.45. The van der Waals surface area contributed by atoms with Gasteiger partial charge in [-0.25, -0.2) is 0 Å². The molecule has 3 nitrogen and oxygen atoms in total. The lowest BCUT2D eigenvalue weighted by molar-refractivity contribution is -0.137. The Morgan fingerprint density at radius 1 is 1.15 bits per heavy atom. The van der Waals surface area contributed by atoms with Gasteiger partial charge in [0, 0.05) is 23.0 Å². The molecule has 6 heteroatoms. The second kappa shape index (κ2) is 8.98. The number of hydrogen-bond donors (Lipinski definition) is 2. The van der Waals surface area contributed by atoms with Crippen molar-refractivity contribution < 1.29 is 13.2 Å². The lowest BCUT2D eigenvalue weighted by Crippen LogP contribution is -2.47. The topological polar surface area (TPSA) is 58.9 Å². The number of rotatable bonds is 5. The molecule has 176 valence electrons. The Morgan fingerprint density at radius 3 is 2.55 bits per heavy atom. The molecule has 3 N–H and O–H groups in total. The van der Waals surface area contributed by atoms with E-state index in [1.165, 1.54) is 17.7 Å². The number of halogens is 3. The molecule has 4 rings (SSSR count). The molecule has 0 radical (unpaired) electrons. The molecule has 2 aromatic carbocycles. The van der Waals surface area contributed by atoms with Crippen LogP contribution in [0, 0.1) is 12.8 Å². The summed E-state index contributed by atoms with van der Waals surface area (Å²) in [6, 6.07) is 11.5. The van der Waals surface area contributed by atoms with E-state index in [1.54, 1.807) is 6.20 Å². The molecule has 33 heavy (non-hydrogen) atoms. The van der Waals surface area contributed by atoms with E-state index in [9.17, 15) is 18.0 Å². The third kappa shape index (κ3) is 4.58. The fourth-order valence-corrected chi connectivity index (χ4v) is 5.59. The summed E-state index contributed by atoms with van der Waals surface area (Å²) in [5.74, 6) is 0.436. The molecular formula is C27H31F3N2O. The molecule has 1 saturated carbocycles. The van der Waals surface area contributed by atoms with Crippen LogP contribution in [0.25, 0.3) is 10.8 Å². The van der Waals surface area contributed by atoms with Gasteiger partial charge in [0.1, 0.15) is 0 Å². The van der Waals surface area contributed by atoms with Gasteiger partial charge in [-0.15, -0.1) is 0 Å². The van der Waals surface area contributed by atoms with Crippen LogP contribution in [0.3, 0.4) is 0 Å². The maximum atomic E-state index is 13.4. The minimum absolute atomic E-state index is 0.0840. The first-order chi connectivity index (χ1) is 15.6. The molecular weight excluding hydrogens is 425 g/mol. The normalized spacial score (nSPS) is 22.4. The number of aryl methyl sites for hydroxylation is 1. The summed E-state index contributed by atoms with van der Waals surface area (Å²) in [6.45, 7) is 4.04. The van der Waals surface area contributed by atoms with Crippen LogP contribution < -0.4 is 11.3 Å². The summed E-state index contributed by atoms with van der Waals surface area (Å²) in [7, 11) is 0. The van der Waals surface area contributed by atoms with Crippen molar-refractivity contribution >= 4 is 10.8 Å². The predicted molar refractivity (Wildman–Crippen MR) is 126 cm³/mol. The minimum atomic E-state index is -4.36. The fourth-order valence-electron chi connectivity index (χ4n) is 5.59. The monoisotopic (exact) mass is 456 g/mol. The van der Waals surface area contributed by atoms with E-state index in [-0.39, 0.29) is 11.6 Å². The summed E-state index contributed by atoms with van der Waals surface area (Å²) >= 11 is 0. The van der Waals surface area contributed by atoms with Crippen LogP contribution in [0.1, 0.15) is 61.3 Å². The van der Waals surface area contributed by atoms with Crippen LogP contribution in [-0.4, -0.2) is 11.0 Å². The number of fused-ring (bicyclic) bond motifs is 1. The highest BCUT2D eigenvalue weighted by atomic mass is 19.4. The molecule has 1 aliphatic rings. The van der Waals surface area contributed by atoms with Gasteiger partial charge in [-0.2, -0.15) is 13.2 Å². The van der Waals surface area contributed by atoms with Crippen LogP contribution in [0.2, 0.25) is 0 Å². The Labute approximate surface area is 192 Å². The van der Waals surface area contributed by atoms with Crippen molar-refractivity contribution in [2.45, 2.75) is 70.0 Å². The molecule has 1 heterocycles. The van der Waals surface area contributed by atoms with Gasteiger partial charge in [0.15, 0.2) is 0 Å². The predicted octanol–water partition coefficient (Wildman–Crippen LogP) is 6.26. The van der Waals surface area contributed by atoms with Crippen LogP contribution in [0.5, 0.6) is 0 Å². The molecule has 0 spiro atoms. The number of benzene rings is 2. The van der Waals surface area contributed by atoms with Crippen molar-refractivity contribution in [3.63, 3.8) is 0 Å². The van der Waals surface area contributed by atoms with Crippen molar-refractivity contribution in [3.8, 4) is 0 Å². The first-order valence-corrected chi connectivity index (χ1v) is 11.7. The Kier molecular flexibility index (Phi) is 6.41. The van der Waals surface area contributed by atoms with E-state index in [0.717, 1.165) is 55.5 Å². The first-order valence-electron chi connectivity index (χ1n) is 11.7. The molecule has 0 saturated heterocycles. The van der Waals surface area contributed by atoms with E-state index in [1.807, 2.05) is 32.0 Å². The highest BCUT2D eigenvalue weighted by molar-refractivity contribution is 5.83. The summed E-state index contributed by atoms with van der Waals surface area (Å²) < 4.78 is 40.1. The average Bonchev–Trinajstić information content (AvgIpc) is 2.80. The van der Waals surface area contributed by atoms with E-state index in [4.69, 9.17) is 5.73 Å². The number of H-pyrrole nitrogens is 1. The van der Waals surface area contributed by atoms with Gasteiger partial charge in [0.05, 0.1) is 5.56 Å². The third-order valence-corrected chi connectivity index (χ3v) is 7.65. The second-order valence-corrected chi connectivity index (χ2v) is 9.57. The second-order valence-electron chi connectivity index (χ2n) is 9.57. The van der Waals surface area contributed by atoms with Crippen LogP contribution in [0.15, 0.2) is 53.5 Å². The largest absolute Gasteiger partial charge is 0.416 e.